The smallest absolute Gasteiger partial charge is 0.227 e. The first kappa shape index (κ1) is 13.1. The van der Waals surface area contributed by atoms with Crippen LogP contribution < -0.4 is 4.52 Å². The van der Waals surface area contributed by atoms with Crippen LogP contribution in [0, 0.1) is 0 Å². The molecule has 0 aromatic heterocycles. The van der Waals surface area contributed by atoms with Crippen molar-refractivity contribution in [1.29, 1.82) is 0 Å². The maximum Gasteiger partial charge on any atom is 0.227 e. The van der Waals surface area contributed by atoms with Gasteiger partial charge in [0.2, 0.25) is 8.38 Å². The van der Waals surface area contributed by atoms with Gasteiger partial charge in [0.25, 0.3) is 0 Å². The van der Waals surface area contributed by atoms with Gasteiger partial charge in [-0.3, -0.25) is 0 Å². The Morgan fingerprint density at radius 1 is 1.18 bits per heavy atom. The zero-order valence-electron chi connectivity index (χ0n) is 10.1. The quantitative estimate of drug-likeness (QED) is 0.717. The Kier molecular flexibility index (Phi) is 5.09. The van der Waals surface area contributed by atoms with Crippen molar-refractivity contribution in [1.82, 2.24) is 0 Å². The van der Waals surface area contributed by atoms with E-state index in [0.717, 1.165) is 5.75 Å². The van der Waals surface area contributed by atoms with Crippen molar-refractivity contribution in [2.75, 3.05) is 6.66 Å². The summed E-state index contributed by atoms with van der Waals surface area (Å²) in [6.45, 7) is 1.99. The lowest BCUT2D eigenvalue weighted by Gasteiger charge is -2.25. The van der Waals surface area contributed by atoms with Crippen LogP contribution in [0.3, 0.4) is 0 Å². The summed E-state index contributed by atoms with van der Waals surface area (Å²) in [7, 11) is -0.880. The molecule has 0 spiro atoms. The third-order valence-corrected chi connectivity index (χ3v) is 4.27. The molecule has 4 heteroatoms. The summed E-state index contributed by atoms with van der Waals surface area (Å²) in [5.41, 5.74) is 0. The molecule has 0 bridgehead atoms. The van der Waals surface area contributed by atoms with E-state index in [4.69, 9.17) is 20.6 Å². The van der Waals surface area contributed by atoms with Crippen molar-refractivity contribution in [2.24, 2.45) is 0 Å². The van der Waals surface area contributed by atoms with Gasteiger partial charge in [0.1, 0.15) is 5.75 Å². The van der Waals surface area contributed by atoms with E-state index in [1.54, 1.807) is 0 Å². The summed E-state index contributed by atoms with van der Waals surface area (Å²) in [6.07, 6.45) is 6.60. The Morgan fingerprint density at radius 3 is 2.59 bits per heavy atom. The molecule has 1 atom stereocenters. The largest absolute Gasteiger partial charge is 0.446 e. The van der Waals surface area contributed by atoms with Gasteiger partial charge in [0.15, 0.2) is 0 Å². The van der Waals surface area contributed by atoms with E-state index >= 15 is 0 Å². The predicted octanol–water partition coefficient (Wildman–Crippen LogP) is 5.01. The summed E-state index contributed by atoms with van der Waals surface area (Å²) in [6, 6.07) is 7.53. The molecule has 1 saturated carbocycles. The van der Waals surface area contributed by atoms with Crippen LogP contribution in [-0.4, -0.2) is 12.8 Å². The van der Waals surface area contributed by atoms with E-state index in [2.05, 4.69) is 0 Å². The van der Waals surface area contributed by atoms with Crippen LogP contribution in [0.1, 0.15) is 32.1 Å². The van der Waals surface area contributed by atoms with Gasteiger partial charge in [-0.2, -0.15) is 0 Å². The van der Waals surface area contributed by atoms with Gasteiger partial charge < -0.3 is 9.05 Å². The first-order chi connectivity index (χ1) is 8.25. The van der Waals surface area contributed by atoms with E-state index < -0.39 is 8.38 Å². The summed E-state index contributed by atoms with van der Waals surface area (Å²) in [4.78, 5) is 0. The maximum absolute atomic E-state index is 6.04. The summed E-state index contributed by atoms with van der Waals surface area (Å²) in [5.74, 6) is 0.721. The lowest BCUT2D eigenvalue weighted by molar-refractivity contribution is 0.160. The average molecular weight is 273 g/mol. The Bertz CT molecular complexity index is 353. The Morgan fingerprint density at radius 2 is 1.88 bits per heavy atom. The molecule has 0 aliphatic heterocycles. The number of hydrogen-bond acceptors (Lipinski definition) is 2. The SMILES string of the molecule is CP(Oc1ccccc1Cl)OC1CCCCC1. The zero-order chi connectivity index (χ0) is 12.1. The molecular formula is C13H18ClO2P. The van der Waals surface area contributed by atoms with E-state index in [9.17, 15) is 0 Å². The van der Waals surface area contributed by atoms with Crippen LogP contribution >= 0.6 is 20.0 Å². The normalized spacial score (nSPS) is 18.9. The van der Waals surface area contributed by atoms with Crippen LogP contribution in [0.4, 0.5) is 0 Å². The molecule has 17 heavy (non-hydrogen) atoms. The minimum Gasteiger partial charge on any atom is -0.446 e. The van der Waals surface area contributed by atoms with Crippen molar-refractivity contribution in [3.8, 4) is 5.75 Å². The molecule has 1 aromatic carbocycles. The fourth-order valence-corrected chi connectivity index (χ4v) is 3.40. The van der Waals surface area contributed by atoms with E-state index in [-0.39, 0.29) is 0 Å². The number of hydrogen-bond donors (Lipinski definition) is 0. The minimum absolute atomic E-state index is 0.377. The minimum atomic E-state index is -0.880. The topological polar surface area (TPSA) is 18.5 Å². The second-order valence-corrected chi connectivity index (χ2v) is 6.01. The zero-order valence-corrected chi connectivity index (χ0v) is 11.7. The molecule has 0 N–H and O–H groups in total. The van der Waals surface area contributed by atoms with Gasteiger partial charge in [0.05, 0.1) is 11.1 Å². The average Bonchev–Trinajstić information content (AvgIpc) is 2.33. The Labute approximate surface area is 109 Å². The van der Waals surface area contributed by atoms with Crippen LogP contribution in [0.15, 0.2) is 24.3 Å². The molecule has 94 valence electrons. The van der Waals surface area contributed by atoms with Gasteiger partial charge in [-0.25, -0.2) is 0 Å². The third kappa shape index (κ3) is 4.13. The molecule has 1 aliphatic rings. The lowest BCUT2D eigenvalue weighted by atomic mass is 9.98. The first-order valence-electron chi connectivity index (χ1n) is 6.09. The van der Waals surface area contributed by atoms with Crippen LogP contribution in [0.2, 0.25) is 5.02 Å². The molecule has 0 amide bonds. The molecular weight excluding hydrogens is 255 g/mol. The molecule has 1 fully saturated rings. The van der Waals surface area contributed by atoms with Crippen LogP contribution in [0.5, 0.6) is 5.75 Å². The van der Waals surface area contributed by atoms with Gasteiger partial charge in [-0.15, -0.1) is 0 Å². The molecule has 1 unspecified atom stereocenters. The fourth-order valence-electron chi connectivity index (χ4n) is 2.06. The predicted molar refractivity (Wildman–Crippen MR) is 72.9 cm³/mol. The second kappa shape index (κ2) is 6.58. The lowest BCUT2D eigenvalue weighted by Crippen LogP contribution is -2.14. The molecule has 0 radical (unpaired) electrons. The van der Waals surface area contributed by atoms with E-state index in [1.165, 1.54) is 32.1 Å². The molecule has 2 nitrogen and oxygen atoms in total. The molecule has 2 rings (SSSR count). The summed E-state index contributed by atoms with van der Waals surface area (Å²) >= 11 is 6.04. The highest BCUT2D eigenvalue weighted by Crippen LogP contribution is 2.41. The van der Waals surface area contributed by atoms with Crippen LogP contribution in [0.25, 0.3) is 0 Å². The highest BCUT2D eigenvalue weighted by molar-refractivity contribution is 7.46. The fraction of sp³-hybridized carbons (Fsp3) is 0.538. The summed E-state index contributed by atoms with van der Waals surface area (Å²) < 4.78 is 11.7. The maximum atomic E-state index is 6.04. The van der Waals surface area contributed by atoms with Gasteiger partial charge >= 0.3 is 0 Å². The number of para-hydroxylation sites is 1. The first-order valence-corrected chi connectivity index (χ1v) is 8.09. The third-order valence-electron chi connectivity index (χ3n) is 2.91. The number of rotatable bonds is 4. The number of halogens is 1. The monoisotopic (exact) mass is 272 g/mol. The highest BCUT2D eigenvalue weighted by atomic mass is 35.5. The molecule has 1 aromatic rings. The number of benzene rings is 1. The molecule has 0 heterocycles. The van der Waals surface area contributed by atoms with E-state index in [1.807, 2.05) is 30.9 Å². The highest BCUT2D eigenvalue weighted by Gasteiger charge is 2.18. The standard InChI is InChI=1S/C13H18ClO2P/c1-17(15-11-7-3-2-4-8-11)16-13-10-6-5-9-12(13)14/h5-6,9-11H,2-4,7-8H2,1H3. The van der Waals surface area contributed by atoms with Crippen molar-refractivity contribution in [3.63, 3.8) is 0 Å². The Hall–Kier alpha value is -0.300. The second-order valence-electron chi connectivity index (χ2n) is 4.33. The summed E-state index contributed by atoms with van der Waals surface area (Å²) in [5, 5.41) is 0.647. The molecule has 0 saturated heterocycles. The van der Waals surface area contributed by atoms with Crippen molar-refractivity contribution in [2.45, 2.75) is 38.2 Å². The van der Waals surface area contributed by atoms with E-state index in [0.29, 0.717) is 11.1 Å². The van der Waals surface area contributed by atoms with Crippen molar-refractivity contribution < 1.29 is 9.05 Å². The van der Waals surface area contributed by atoms with Gasteiger partial charge in [-0.1, -0.05) is 43.0 Å². The van der Waals surface area contributed by atoms with Crippen molar-refractivity contribution in [3.05, 3.63) is 29.3 Å². The Balaban J connectivity index is 1.84. The van der Waals surface area contributed by atoms with Crippen LogP contribution in [-0.2, 0) is 4.52 Å². The van der Waals surface area contributed by atoms with Crippen molar-refractivity contribution >= 4 is 20.0 Å². The van der Waals surface area contributed by atoms with Gasteiger partial charge in [0, 0.05) is 6.66 Å². The molecule has 1 aliphatic carbocycles. The van der Waals surface area contributed by atoms with Gasteiger partial charge in [-0.05, 0) is 25.0 Å².